The molecule has 0 bridgehead atoms. The second-order valence-corrected chi connectivity index (χ2v) is 0.491. The molecule has 3 nitrogen and oxygen atoms in total. The molecule has 0 N–H and O–H groups in total. The van der Waals surface area contributed by atoms with E-state index in [1.54, 1.807) is 0 Å². The van der Waals surface area contributed by atoms with Crippen LogP contribution < -0.4 is 0 Å². The first-order valence-corrected chi connectivity index (χ1v) is 1.16. The lowest BCUT2D eigenvalue weighted by molar-refractivity contribution is -0.106. The molecule has 0 heterocycles. The van der Waals surface area contributed by atoms with E-state index in [9.17, 15) is 0 Å². The zero-order valence-corrected chi connectivity index (χ0v) is 2.59. The molecule has 0 amide bonds. The molecule has 0 saturated carbocycles. The van der Waals surface area contributed by atoms with E-state index in [4.69, 9.17) is 10.3 Å². The lowest BCUT2D eigenvalue weighted by atomic mass is 10.8. The second-order valence-electron chi connectivity index (χ2n) is 0.491. The van der Waals surface area contributed by atoms with Crippen LogP contribution in [0.4, 0.5) is 0 Å². The number of hydrogen-bond donors (Lipinski definition) is 0. The molecular weight excluding hydrogens is 68.0 g/mol. The van der Waals surface area contributed by atoms with Gasteiger partial charge in [-0.1, -0.05) is 0 Å². The number of carbonyl (C=O) groups is 1. The number of carbonyl (C=O) groups excluding carboxylic acids is 1. The Kier molecular flexibility index (Phi) is 2.79. The zero-order valence-electron chi connectivity index (χ0n) is 2.59. The molecule has 0 aliphatic rings. The molecular formula is C2H3N2O-. The first kappa shape index (κ1) is 4.27. The lowest BCUT2D eigenvalue weighted by Crippen LogP contribution is -1.71. The Bertz CT molecular complexity index is 36.9. The average molecular weight is 71.1 g/mol. The van der Waals surface area contributed by atoms with Crippen LogP contribution >= 0.6 is 0 Å². The normalized spacial score (nSPS) is 6.40. The van der Waals surface area contributed by atoms with Gasteiger partial charge in [-0.25, -0.2) is 0 Å². The summed E-state index contributed by atoms with van der Waals surface area (Å²) in [4.78, 5) is 9.15. The monoisotopic (exact) mass is 71.0 g/mol. The van der Waals surface area contributed by atoms with Crippen molar-refractivity contribution in [2.24, 2.45) is 5.11 Å². The van der Waals surface area contributed by atoms with Crippen molar-refractivity contribution >= 4 is 6.29 Å². The van der Waals surface area contributed by atoms with Crippen molar-refractivity contribution in [3.63, 3.8) is 0 Å². The van der Waals surface area contributed by atoms with Crippen molar-refractivity contribution in [1.82, 2.24) is 0 Å². The Hall–Kier alpha value is -0.730. The Morgan fingerprint density at radius 2 is 2.60 bits per heavy atom. The van der Waals surface area contributed by atoms with Crippen molar-refractivity contribution in [1.29, 1.82) is 0 Å². The van der Waals surface area contributed by atoms with E-state index >= 15 is 0 Å². The van der Waals surface area contributed by atoms with Crippen molar-refractivity contribution in [3.05, 3.63) is 5.53 Å². The van der Waals surface area contributed by atoms with Gasteiger partial charge < -0.3 is 15.4 Å². The summed E-state index contributed by atoms with van der Waals surface area (Å²) in [6.45, 7) is -0.111. The molecule has 0 aromatic heterocycles. The highest BCUT2D eigenvalue weighted by atomic mass is 16.1. The highest BCUT2D eigenvalue weighted by molar-refractivity contribution is 5.51. The van der Waals surface area contributed by atoms with Gasteiger partial charge in [-0.15, -0.1) is 0 Å². The van der Waals surface area contributed by atoms with Gasteiger partial charge in [0.1, 0.15) is 6.29 Å². The van der Waals surface area contributed by atoms with Crippen LogP contribution in [0.25, 0.3) is 5.53 Å². The summed E-state index contributed by atoms with van der Waals surface area (Å²) in [5, 5.41) is 2.49. The molecule has 0 radical (unpaired) electrons. The third-order valence-corrected chi connectivity index (χ3v) is 0.156. The quantitative estimate of drug-likeness (QED) is 0.339. The third-order valence-electron chi connectivity index (χ3n) is 0.156. The number of aldehydes is 1. The van der Waals surface area contributed by atoms with E-state index in [1.807, 2.05) is 0 Å². The third kappa shape index (κ3) is 3.27. The first-order chi connectivity index (χ1) is 2.41. The van der Waals surface area contributed by atoms with Gasteiger partial charge in [0.05, 0.1) is 6.54 Å². The van der Waals surface area contributed by atoms with Gasteiger partial charge in [0.15, 0.2) is 0 Å². The van der Waals surface area contributed by atoms with Gasteiger partial charge in [0.25, 0.3) is 0 Å². The van der Waals surface area contributed by atoms with Crippen LogP contribution in [-0.4, -0.2) is 12.8 Å². The maximum atomic E-state index is 9.15. The predicted molar refractivity (Wildman–Crippen MR) is 16.7 cm³/mol. The molecule has 0 atom stereocenters. The topological polar surface area (TPSA) is 51.7 Å². The first-order valence-electron chi connectivity index (χ1n) is 1.16. The van der Waals surface area contributed by atoms with E-state index in [1.165, 1.54) is 0 Å². The summed E-state index contributed by atoms with van der Waals surface area (Å²) in [5.41, 5.74) is 7.46. The molecule has 0 fully saturated rings. The summed E-state index contributed by atoms with van der Waals surface area (Å²) in [6.07, 6.45) is 0.514. The van der Waals surface area contributed by atoms with Gasteiger partial charge in [-0.2, -0.15) is 0 Å². The number of nitrogens with zero attached hydrogens (tertiary/aromatic N) is 2. The fourth-order valence-electron chi connectivity index (χ4n) is 0.0333. The van der Waals surface area contributed by atoms with Gasteiger partial charge in [0, 0.05) is 0 Å². The van der Waals surface area contributed by atoms with Crippen molar-refractivity contribution in [3.8, 4) is 0 Å². The van der Waals surface area contributed by atoms with Crippen LogP contribution in [0.15, 0.2) is 5.11 Å². The van der Waals surface area contributed by atoms with Crippen LogP contribution in [0.2, 0.25) is 0 Å². The molecule has 0 saturated heterocycles. The Labute approximate surface area is 29.5 Å². The Balaban J connectivity index is 2.65. The molecule has 0 unspecified atom stereocenters. The predicted octanol–water partition coefficient (Wildman–Crippen LogP) is 0.207. The standard InChI is InChI=1S/C2H3N2O/c3-4-1-2-5/h2H,1H2/q-1. The molecule has 0 rings (SSSR count). The maximum absolute atomic E-state index is 9.15. The minimum atomic E-state index is -0.111. The SMILES string of the molecule is [N-]=NCC=O. The molecule has 5 heavy (non-hydrogen) atoms. The molecule has 0 spiro atoms. The second kappa shape index (κ2) is 3.27. The minimum Gasteiger partial charge on any atom is -0.712 e. The zero-order chi connectivity index (χ0) is 4.12. The number of rotatable bonds is 2. The van der Waals surface area contributed by atoms with Gasteiger partial charge in [-0.05, 0) is 0 Å². The van der Waals surface area contributed by atoms with E-state index in [0.29, 0.717) is 6.29 Å². The summed E-state index contributed by atoms with van der Waals surface area (Å²) in [5.74, 6) is 0. The van der Waals surface area contributed by atoms with E-state index < -0.39 is 0 Å². The van der Waals surface area contributed by atoms with Crippen molar-refractivity contribution in [2.75, 3.05) is 6.54 Å². The van der Waals surface area contributed by atoms with E-state index in [0.717, 1.165) is 0 Å². The highest BCUT2D eigenvalue weighted by Crippen LogP contribution is 1.53. The highest BCUT2D eigenvalue weighted by Gasteiger charge is 1.54. The van der Waals surface area contributed by atoms with E-state index in [-0.39, 0.29) is 6.54 Å². The van der Waals surface area contributed by atoms with Crippen LogP contribution in [0.1, 0.15) is 0 Å². The van der Waals surface area contributed by atoms with E-state index in [2.05, 4.69) is 5.11 Å². The minimum absolute atomic E-state index is 0.111. The summed E-state index contributed by atoms with van der Waals surface area (Å²) < 4.78 is 0. The summed E-state index contributed by atoms with van der Waals surface area (Å²) >= 11 is 0. The number of hydrogen-bond acceptors (Lipinski definition) is 2. The smallest absolute Gasteiger partial charge is 0.139 e. The Morgan fingerprint density at radius 3 is 2.60 bits per heavy atom. The van der Waals surface area contributed by atoms with Gasteiger partial charge in [-0.3, -0.25) is 0 Å². The average Bonchev–Trinajstić information content (AvgIpc) is 1.41. The van der Waals surface area contributed by atoms with Gasteiger partial charge >= 0.3 is 0 Å². The van der Waals surface area contributed by atoms with Crippen LogP contribution in [0.5, 0.6) is 0 Å². The Morgan fingerprint density at radius 1 is 2.00 bits per heavy atom. The van der Waals surface area contributed by atoms with Gasteiger partial charge in [0.2, 0.25) is 0 Å². The molecule has 0 aliphatic heterocycles. The van der Waals surface area contributed by atoms with Crippen molar-refractivity contribution < 1.29 is 4.79 Å². The fourth-order valence-corrected chi connectivity index (χ4v) is 0.0333. The van der Waals surface area contributed by atoms with Crippen LogP contribution in [-0.2, 0) is 4.79 Å². The molecule has 0 aliphatic carbocycles. The molecule has 3 heteroatoms. The summed E-state index contributed by atoms with van der Waals surface area (Å²) in [7, 11) is 0. The molecule has 0 aromatic rings. The fraction of sp³-hybridized carbons (Fsp3) is 0.500. The lowest BCUT2D eigenvalue weighted by Gasteiger charge is -1.75. The largest absolute Gasteiger partial charge is 0.712 e. The molecule has 28 valence electrons. The van der Waals surface area contributed by atoms with Crippen LogP contribution in [0, 0.1) is 0 Å². The maximum Gasteiger partial charge on any atom is 0.139 e. The van der Waals surface area contributed by atoms with Crippen molar-refractivity contribution in [2.45, 2.75) is 0 Å². The summed E-state index contributed by atoms with van der Waals surface area (Å²) in [6, 6.07) is 0. The molecule has 0 aromatic carbocycles. The van der Waals surface area contributed by atoms with Crippen LogP contribution in [0.3, 0.4) is 0 Å².